The molecule has 0 unspecified atom stereocenters. The topological polar surface area (TPSA) is 119 Å². The number of imidazole rings is 1. The normalized spacial score (nSPS) is 10.9. The minimum atomic E-state index is -0.520. The molecule has 3 aromatic carbocycles. The van der Waals surface area contributed by atoms with Crippen molar-refractivity contribution in [1.82, 2.24) is 19.7 Å². The minimum absolute atomic E-state index is 0.0201. The Balaban J connectivity index is 1.37. The minimum Gasteiger partial charge on any atom is -0.366 e. The van der Waals surface area contributed by atoms with Gasteiger partial charge in [0.2, 0.25) is 11.8 Å². The zero-order valence-electron chi connectivity index (χ0n) is 21.5. The van der Waals surface area contributed by atoms with Crippen molar-refractivity contribution in [2.45, 2.75) is 32.1 Å². The molecule has 0 saturated heterocycles. The number of anilines is 1. The van der Waals surface area contributed by atoms with E-state index >= 15 is 0 Å². The van der Waals surface area contributed by atoms with Crippen LogP contribution in [0.1, 0.15) is 41.7 Å². The predicted molar refractivity (Wildman–Crippen MR) is 152 cm³/mol. The van der Waals surface area contributed by atoms with E-state index in [0.717, 1.165) is 53.9 Å². The number of aromatic nitrogens is 4. The summed E-state index contributed by atoms with van der Waals surface area (Å²) < 4.78 is 2.01. The van der Waals surface area contributed by atoms with E-state index < -0.39 is 5.91 Å². The Labute approximate surface area is 226 Å². The van der Waals surface area contributed by atoms with Gasteiger partial charge >= 0.3 is 0 Å². The lowest BCUT2D eigenvalue weighted by molar-refractivity contribution is -0.116. The molecule has 39 heavy (non-hydrogen) atoms. The number of hydrogen-bond donors (Lipinski definition) is 3. The fraction of sp³-hybridized carbons (Fsp3) is 0.161. The highest BCUT2D eigenvalue weighted by molar-refractivity contribution is 6.03. The van der Waals surface area contributed by atoms with Crippen LogP contribution in [0.15, 0.2) is 97.5 Å². The summed E-state index contributed by atoms with van der Waals surface area (Å²) in [5.74, 6) is 0.143. The summed E-state index contributed by atoms with van der Waals surface area (Å²) in [6.07, 6.45) is 9.31. The Morgan fingerprint density at radius 2 is 1.67 bits per heavy atom. The lowest BCUT2D eigenvalue weighted by atomic mass is 9.96. The molecule has 4 N–H and O–H groups in total. The Hall–Kier alpha value is -4.98. The number of hydrogen-bond acceptors (Lipinski definition) is 4. The molecule has 5 rings (SSSR count). The zero-order valence-corrected chi connectivity index (χ0v) is 21.5. The number of carbonyl (C=O) groups is 2. The van der Waals surface area contributed by atoms with Gasteiger partial charge in [0.15, 0.2) is 0 Å². The largest absolute Gasteiger partial charge is 0.366 e. The monoisotopic (exact) mass is 518 g/mol. The van der Waals surface area contributed by atoms with Gasteiger partial charge in [0.25, 0.3) is 0 Å². The third kappa shape index (κ3) is 6.13. The van der Waals surface area contributed by atoms with Crippen molar-refractivity contribution in [3.8, 4) is 28.2 Å². The molecule has 0 radical (unpaired) electrons. The van der Waals surface area contributed by atoms with E-state index in [2.05, 4.69) is 15.5 Å². The number of amides is 2. The Morgan fingerprint density at radius 3 is 2.38 bits per heavy atom. The summed E-state index contributed by atoms with van der Waals surface area (Å²) in [6, 6.07) is 24.9. The molecule has 2 amide bonds. The second-order valence-electron chi connectivity index (χ2n) is 9.32. The Bertz CT molecular complexity index is 1540. The third-order valence-electron chi connectivity index (χ3n) is 6.55. The molecular weight excluding hydrogens is 488 g/mol. The molecule has 2 heterocycles. The highest BCUT2D eigenvalue weighted by atomic mass is 16.1. The van der Waals surface area contributed by atoms with Crippen LogP contribution in [0.2, 0.25) is 0 Å². The standard InChI is InChI=1S/C31H30N6O2/c32-30(39)27-17-10-16-26(22-19-33-34-20-22)29(27)31-36-24(21-37(31)25-14-7-3-8-15-25)13-6-2-9-18-28(38)35-23-11-4-1-5-12-23/h1,3-5,7-8,10-12,14-17,19-21H,2,6,9,13,18H2,(H2,32,39)(H,33,34)(H,35,38). The molecule has 0 spiro atoms. The van der Waals surface area contributed by atoms with Crippen molar-refractivity contribution in [3.63, 3.8) is 0 Å². The SMILES string of the molecule is NC(=O)c1cccc(-c2cn[nH]c2)c1-c1nc(CCCCCC(=O)Nc2ccccc2)cn1-c1ccccc1. The number of aryl methyl sites for hydroxylation is 1. The lowest BCUT2D eigenvalue weighted by Gasteiger charge is -2.14. The lowest BCUT2D eigenvalue weighted by Crippen LogP contribution is -2.14. The fourth-order valence-corrected chi connectivity index (χ4v) is 4.66. The van der Waals surface area contributed by atoms with Gasteiger partial charge in [-0.15, -0.1) is 0 Å². The molecule has 0 saturated carbocycles. The number of H-pyrrole nitrogens is 1. The second kappa shape index (κ2) is 12.0. The van der Waals surface area contributed by atoms with Crippen LogP contribution in [0.25, 0.3) is 28.2 Å². The van der Waals surface area contributed by atoms with E-state index in [1.165, 1.54) is 0 Å². The maximum atomic E-state index is 12.5. The zero-order chi connectivity index (χ0) is 27.0. The average molecular weight is 519 g/mol. The van der Waals surface area contributed by atoms with E-state index in [-0.39, 0.29) is 5.91 Å². The van der Waals surface area contributed by atoms with Gasteiger partial charge < -0.3 is 11.1 Å². The van der Waals surface area contributed by atoms with Gasteiger partial charge in [0.1, 0.15) is 5.82 Å². The van der Waals surface area contributed by atoms with Gasteiger partial charge in [-0.05, 0) is 55.2 Å². The number of nitrogens with one attached hydrogen (secondary N) is 2. The highest BCUT2D eigenvalue weighted by Crippen LogP contribution is 2.35. The molecule has 0 bridgehead atoms. The molecule has 0 aliphatic rings. The van der Waals surface area contributed by atoms with Crippen LogP contribution < -0.4 is 11.1 Å². The number of nitrogens with two attached hydrogens (primary N) is 1. The van der Waals surface area contributed by atoms with Crippen molar-refractivity contribution in [1.29, 1.82) is 0 Å². The van der Waals surface area contributed by atoms with Crippen molar-refractivity contribution in [2.75, 3.05) is 5.32 Å². The van der Waals surface area contributed by atoms with Gasteiger partial charge in [-0.2, -0.15) is 5.10 Å². The first-order valence-corrected chi connectivity index (χ1v) is 13.0. The van der Waals surface area contributed by atoms with Crippen molar-refractivity contribution < 1.29 is 9.59 Å². The van der Waals surface area contributed by atoms with Crippen LogP contribution in [0.4, 0.5) is 5.69 Å². The van der Waals surface area contributed by atoms with Gasteiger partial charge in [-0.1, -0.05) is 55.0 Å². The van der Waals surface area contributed by atoms with E-state index in [9.17, 15) is 9.59 Å². The molecule has 8 nitrogen and oxygen atoms in total. The molecule has 5 aromatic rings. The fourth-order valence-electron chi connectivity index (χ4n) is 4.66. The first kappa shape index (κ1) is 25.7. The van der Waals surface area contributed by atoms with E-state index in [0.29, 0.717) is 23.4 Å². The van der Waals surface area contributed by atoms with Gasteiger partial charge in [0, 0.05) is 41.3 Å². The van der Waals surface area contributed by atoms with E-state index in [1.807, 2.05) is 83.6 Å². The number of primary amides is 1. The smallest absolute Gasteiger partial charge is 0.249 e. The molecule has 0 atom stereocenters. The number of rotatable bonds is 11. The van der Waals surface area contributed by atoms with E-state index in [1.54, 1.807) is 18.5 Å². The number of nitrogens with zero attached hydrogens (tertiary/aromatic N) is 3. The molecule has 0 fully saturated rings. The van der Waals surface area contributed by atoms with Crippen molar-refractivity contribution in [3.05, 3.63) is 109 Å². The maximum Gasteiger partial charge on any atom is 0.249 e. The summed E-state index contributed by atoms with van der Waals surface area (Å²) in [5.41, 5.74) is 11.2. The van der Waals surface area contributed by atoms with E-state index in [4.69, 9.17) is 10.7 Å². The molecule has 196 valence electrons. The summed E-state index contributed by atoms with van der Waals surface area (Å²) in [4.78, 5) is 29.8. The number of benzene rings is 3. The number of carbonyl (C=O) groups excluding carboxylic acids is 2. The second-order valence-corrected chi connectivity index (χ2v) is 9.32. The molecule has 0 aliphatic heterocycles. The predicted octanol–water partition coefficient (Wildman–Crippen LogP) is 5.77. The molecular formula is C31H30N6O2. The van der Waals surface area contributed by atoms with Crippen molar-refractivity contribution in [2.24, 2.45) is 5.73 Å². The first-order chi connectivity index (χ1) is 19.1. The van der Waals surface area contributed by atoms with Gasteiger partial charge in [-0.25, -0.2) is 4.98 Å². The van der Waals surface area contributed by atoms with Crippen LogP contribution in [0.3, 0.4) is 0 Å². The third-order valence-corrected chi connectivity index (χ3v) is 6.55. The number of unbranched alkanes of at least 4 members (excludes halogenated alkanes) is 2. The summed E-state index contributed by atoms with van der Waals surface area (Å²) in [6.45, 7) is 0. The first-order valence-electron chi connectivity index (χ1n) is 13.0. The van der Waals surface area contributed by atoms with Crippen LogP contribution >= 0.6 is 0 Å². The average Bonchev–Trinajstić information content (AvgIpc) is 3.64. The molecule has 0 aliphatic carbocycles. The van der Waals surface area contributed by atoms with Crippen LogP contribution in [-0.4, -0.2) is 31.6 Å². The summed E-state index contributed by atoms with van der Waals surface area (Å²) in [5, 5.41) is 9.87. The summed E-state index contributed by atoms with van der Waals surface area (Å²) in [7, 11) is 0. The Morgan fingerprint density at radius 1 is 0.897 bits per heavy atom. The van der Waals surface area contributed by atoms with Gasteiger partial charge in [-0.3, -0.25) is 19.3 Å². The Kier molecular flexibility index (Phi) is 7.92. The number of aromatic amines is 1. The van der Waals surface area contributed by atoms with Crippen LogP contribution in [0, 0.1) is 0 Å². The number of para-hydroxylation sites is 2. The van der Waals surface area contributed by atoms with Crippen LogP contribution in [0.5, 0.6) is 0 Å². The quantitative estimate of drug-likeness (QED) is 0.192. The molecule has 2 aromatic heterocycles. The van der Waals surface area contributed by atoms with Crippen molar-refractivity contribution >= 4 is 17.5 Å². The maximum absolute atomic E-state index is 12.5. The van der Waals surface area contributed by atoms with Crippen LogP contribution in [-0.2, 0) is 11.2 Å². The highest BCUT2D eigenvalue weighted by Gasteiger charge is 2.22. The van der Waals surface area contributed by atoms with Gasteiger partial charge in [0.05, 0.1) is 17.5 Å². The molecule has 8 heteroatoms. The summed E-state index contributed by atoms with van der Waals surface area (Å²) >= 11 is 0.